The van der Waals surface area contributed by atoms with Crippen molar-refractivity contribution in [2.75, 3.05) is 6.61 Å². The highest BCUT2D eigenvalue weighted by Crippen LogP contribution is 2.19. The van der Waals surface area contributed by atoms with Gasteiger partial charge in [0, 0.05) is 0 Å². The predicted molar refractivity (Wildman–Crippen MR) is 66.3 cm³/mol. The number of rotatable bonds is 2. The standard InChI is InChI=1S/C14H26O2/c1-2-10-13-11-8-6-4-3-5-7-9-12-16-14(13)15/h13H,2-12H2,1H3. The minimum absolute atomic E-state index is 0.0578. The third-order valence-electron chi connectivity index (χ3n) is 3.41. The molecule has 0 aliphatic carbocycles. The first-order valence-electron chi connectivity index (χ1n) is 7.01. The smallest absolute Gasteiger partial charge is 0.308 e. The fraction of sp³-hybridized carbons (Fsp3) is 0.929. The lowest BCUT2D eigenvalue weighted by molar-refractivity contribution is -0.149. The van der Waals surface area contributed by atoms with Crippen LogP contribution in [0.15, 0.2) is 0 Å². The second-order valence-electron chi connectivity index (χ2n) is 4.92. The Morgan fingerprint density at radius 3 is 2.38 bits per heavy atom. The molecule has 0 aromatic rings. The van der Waals surface area contributed by atoms with Crippen LogP contribution in [-0.2, 0) is 9.53 Å². The molecule has 0 saturated carbocycles. The fourth-order valence-corrected chi connectivity index (χ4v) is 2.40. The Labute approximate surface area is 99.8 Å². The third kappa shape index (κ3) is 5.53. The van der Waals surface area contributed by atoms with Crippen LogP contribution in [0.1, 0.15) is 71.1 Å². The molecule has 16 heavy (non-hydrogen) atoms. The maximum absolute atomic E-state index is 11.8. The highest BCUT2D eigenvalue weighted by Gasteiger charge is 2.18. The van der Waals surface area contributed by atoms with Crippen LogP contribution in [0.5, 0.6) is 0 Å². The van der Waals surface area contributed by atoms with E-state index in [1.165, 1.54) is 38.5 Å². The molecule has 0 N–H and O–H groups in total. The molecule has 1 rings (SSSR count). The van der Waals surface area contributed by atoms with E-state index in [0.29, 0.717) is 6.61 Å². The van der Waals surface area contributed by atoms with Crippen molar-refractivity contribution in [1.29, 1.82) is 0 Å². The maximum atomic E-state index is 11.8. The molecule has 0 radical (unpaired) electrons. The second kappa shape index (κ2) is 8.60. The van der Waals surface area contributed by atoms with Crippen LogP contribution in [0.2, 0.25) is 0 Å². The Kier molecular flexibility index (Phi) is 7.28. The number of carbonyl (C=O) groups excluding carboxylic acids is 1. The molecule has 1 fully saturated rings. The summed E-state index contributed by atoms with van der Waals surface area (Å²) >= 11 is 0. The van der Waals surface area contributed by atoms with Crippen molar-refractivity contribution in [3.05, 3.63) is 0 Å². The molecule has 2 heteroatoms. The molecule has 1 aliphatic rings. The first-order valence-corrected chi connectivity index (χ1v) is 7.01. The van der Waals surface area contributed by atoms with Gasteiger partial charge >= 0.3 is 5.97 Å². The normalized spacial score (nSPS) is 25.3. The van der Waals surface area contributed by atoms with E-state index in [1.54, 1.807) is 0 Å². The van der Waals surface area contributed by atoms with Crippen LogP contribution >= 0.6 is 0 Å². The van der Waals surface area contributed by atoms with E-state index in [2.05, 4.69) is 6.92 Å². The van der Waals surface area contributed by atoms with Crippen LogP contribution in [-0.4, -0.2) is 12.6 Å². The van der Waals surface area contributed by atoms with E-state index in [0.717, 1.165) is 25.7 Å². The highest BCUT2D eigenvalue weighted by molar-refractivity contribution is 5.72. The van der Waals surface area contributed by atoms with Gasteiger partial charge in [0.1, 0.15) is 0 Å². The third-order valence-corrected chi connectivity index (χ3v) is 3.41. The summed E-state index contributed by atoms with van der Waals surface area (Å²) in [6.45, 7) is 2.78. The summed E-state index contributed by atoms with van der Waals surface area (Å²) < 4.78 is 5.34. The van der Waals surface area contributed by atoms with Crippen molar-refractivity contribution in [1.82, 2.24) is 0 Å². The monoisotopic (exact) mass is 226 g/mol. The lowest BCUT2D eigenvalue weighted by atomic mass is 9.95. The van der Waals surface area contributed by atoms with Crippen molar-refractivity contribution in [3.63, 3.8) is 0 Å². The Hall–Kier alpha value is -0.530. The summed E-state index contributed by atoms with van der Waals surface area (Å²) in [6.07, 6.45) is 11.9. The Morgan fingerprint density at radius 1 is 1.06 bits per heavy atom. The van der Waals surface area contributed by atoms with E-state index in [9.17, 15) is 4.79 Å². The van der Waals surface area contributed by atoms with E-state index >= 15 is 0 Å². The molecule has 1 heterocycles. The summed E-state index contributed by atoms with van der Waals surface area (Å²) in [5.74, 6) is 0.229. The summed E-state index contributed by atoms with van der Waals surface area (Å²) in [4.78, 5) is 11.8. The van der Waals surface area contributed by atoms with Crippen LogP contribution in [0.25, 0.3) is 0 Å². The number of carbonyl (C=O) groups is 1. The maximum Gasteiger partial charge on any atom is 0.308 e. The van der Waals surface area contributed by atoms with Crippen molar-refractivity contribution >= 4 is 5.97 Å². The molecule has 2 nitrogen and oxygen atoms in total. The predicted octanol–water partition coefficient (Wildman–Crippen LogP) is 4.08. The zero-order valence-electron chi connectivity index (χ0n) is 10.7. The molecule has 0 amide bonds. The summed E-state index contributed by atoms with van der Waals surface area (Å²) in [5, 5.41) is 0. The zero-order chi connectivity index (χ0) is 11.6. The minimum atomic E-state index is 0.0578. The van der Waals surface area contributed by atoms with Gasteiger partial charge in [-0.2, -0.15) is 0 Å². The molecule has 1 unspecified atom stereocenters. The molecule has 0 aromatic heterocycles. The SMILES string of the molecule is CCCC1CCCCCCCCCOC1=O. The quantitative estimate of drug-likeness (QED) is 0.663. The first-order chi connectivity index (χ1) is 7.84. The van der Waals surface area contributed by atoms with Gasteiger partial charge < -0.3 is 4.74 Å². The van der Waals surface area contributed by atoms with E-state index in [-0.39, 0.29) is 11.9 Å². The fourth-order valence-electron chi connectivity index (χ4n) is 2.40. The summed E-state index contributed by atoms with van der Waals surface area (Å²) in [7, 11) is 0. The van der Waals surface area contributed by atoms with Gasteiger partial charge in [0.05, 0.1) is 12.5 Å². The minimum Gasteiger partial charge on any atom is -0.465 e. The Morgan fingerprint density at radius 2 is 1.69 bits per heavy atom. The van der Waals surface area contributed by atoms with Crippen molar-refractivity contribution < 1.29 is 9.53 Å². The zero-order valence-corrected chi connectivity index (χ0v) is 10.7. The van der Waals surface area contributed by atoms with Gasteiger partial charge in [0.15, 0.2) is 0 Å². The average Bonchev–Trinajstić information content (AvgIpc) is 2.28. The first kappa shape index (κ1) is 13.5. The number of ether oxygens (including phenoxy) is 1. The van der Waals surface area contributed by atoms with Gasteiger partial charge in [-0.15, -0.1) is 0 Å². The summed E-state index contributed by atoms with van der Waals surface area (Å²) in [5.41, 5.74) is 0. The topological polar surface area (TPSA) is 26.3 Å². The van der Waals surface area contributed by atoms with E-state index in [4.69, 9.17) is 4.74 Å². The van der Waals surface area contributed by atoms with Gasteiger partial charge in [0.2, 0.25) is 0 Å². The van der Waals surface area contributed by atoms with Crippen LogP contribution in [0.3, 0.4) is 0 Å². The van der Waals surface area contributed by atoms with Crippen molar-refractivity contribution in [2.24, 2.45) is 5.92 Å². The van der Waals surface area contributed by atoms with Crippen LogP contribution < -0.4 is 0 Å². The van der Waals surface area contributed by atoms with Gasteiger partial charge in [-0.25, -0.2) is 0 Å². The average molecular weight is 226 g/mol. The van der Waals surface area contributed by atoms with Gasteiger partial charge in [-0.1, -0.05) is 51.9 Å². The largest absolute Gasteiger partial charge is 0.465 e. The van der Waals surface area contributed by atoms with Crippen LogP contribution in [0.4, 0.5) is 0 Å². The highest BCUT2D eigenvalue weighted by atomic mass is 16.5. The van der Waals surface area contributed by atoms with Gasteiger partial charge in [-0.05, 0) is 19.3 Å². The molecular formula is C14H26O2. The van der Waals surface area contributed by atoms with Crippen molar-refractivity contribution in [2.45, 2.75) is 71.1 Å². The van der Waals surface area contributed by atoms with Crippen molar-refractivity contribution in [3.8, 4) is 0 Å². The molecule has 1 aliphatic heterocycles. The van der Waals surface area contributed by atoms with Gasteiger partial charge in [0.25, 0.3) is 0 Å². The number of hydrogen-bond acceptors (Lipinski definition) is 2. The molecule has 1 atom stereocenters. The molecular weight excluding hydrogens is 200 g/mol. The lowest BCUT2D eigenvalue weighted by Gasteiger charge is -2.16. The Bertz CT molecular complexity index is 189. The number of esters is 1. The molecule has 1 saturated heterocycles. The number of hydrogen-bond donors (Lipinski definition) is 0. The molecule has 0 aromatic carbocycles. The summed E-state index contributed by atoms with van der Waals surface area (Å²) in [6, 6.07) is 0. The van der Waals surface area contributed by atoms with E-state index < -0.39 is 0 Å². The van der Waals surface area contributed by atoms with Gasteiger partial charge in [-0.3, -0.25) is 4.79 Å². The molecule has 94 valence electrons. The van der Waals surface area contributed by atoms with E-state index in [1.807, 2.05) is 0 Å². The lowest BCUT2D eigenvalue weighted by Crippen LogP contribution is -2.18. The molecule has 0 spiro atoms. The second-order valence-corrected chi connectivity index (χ2v) is 4.92. The number of cyclic esters (lactones) is 1. The Balaban J connectivity index is 2.36. The van der Waals surface area contributed by atoms with Crippen LogP contribution in [0, 0.1) is 5.92 Å². The molecule has 0 bridgehead atoms.